The summed E-state index contributed by atoms with van der Waals surface area (Å²) in [6.45, 7) is 1.06. The van der Waals surface area contributed by atoms with Crippen LogP contribution in [0.5, 0.6) is 5.75 Å². The Bertz CT molecular complexity index is 880. The lowest BCUT2D eigenvalue weighted by Crippen LogP contribution is -2.42. The van der Waals surface area contributed by atoms with Crippen LogP contribution in [-0.2, 0) is 21.4 Å². The summed E-state index contributed by atoms with van der Waals surface area (Å²) in [5.41, 5.74) is 2.42. The average molecular weight is 364 g/mol. The number of amides is 2. The van der Waals surface area contributed by atoms with Gasteiger partial charge in [-0.2, -0.15) is 0 Å². The molecular weight excluding hydrogens is 340 g/mol. The van der Waals surface area contributed by atoms with Crippen molar-refractivity contribution in [2.24, 2.45) is 0 Å². The molecule has 0 unspecified atom stereocenters. The van der Waals surface area contributed by atoms with Crippen molar-refractivity contribution in [2.45, 2.75) is 24.7 Å². The number of carbonyl (C=O) groups excluding carboxylic acids is 2. The van der Waals surface area contributed by atoms with Crippen molar-refractivity contribution in [3.8, 4) is 5.75 Å². The molecule has 1 atom stereocenters. The third kappa shape index (κ3) is 2.87. The molecule has 2 aliphatic heterocycles. The van der Waals surface area contributed by atoms with E-state index < -0.39 is 5.41 Å². The lowest BCUT2D eigenvalue weighted by atomic mass is 9.81. The number of ether oxygens (including phenoxy) is 1. The van der Waals surface area contributed by atoms with Crippen LogP contribution >= 0.6 is 0 Å². The lowest BCUT2D eigenvalue weighted by Gasteiger charge is -2.23. The molecule has 4 rings (SSSR count). The first-order chi connectivity index (χ1) is 13.0. The van der Waals surface area contributed by atoms with Crippen LogP contribution in [0.25, 0.3) is 0 Å². The van der Waals surface area contributed by atoms with Gasteiger partial charge in [-0.3, -0.25) is 9.59 Å². The van der Waals surface area contributed by atoms with Crippen molar-refractivity contribution in [2.75, 3.05) is 32.1 Å². The van der Waals surface area contributed by atoms with Gasteiger partial charge in [-0.05, 0) is 42.2 Å². The first kappa shape index (κ1) is 17.6. The van der Waals surface area contributed by atoms with E-state index in [1.165, 1.54) is 0 Å². The molecule has 1 fully saturated rings. The standard InChI is InChI=1S/C22H24N2O3/c1-23-19-10-9-17(27-2)14-18(19)22(21(23)26)12-13-24(15-22)20(25)11-8-16-6-4-3-5-7-16/h3-7,9-10,14H,8,11-13,15H2,1-2H3/t22-/m1/s1. The number of nitrogens with zero attached hydrogens (tertiary/aromatic N) is 2. The molecule has 0 N–H and O–H groups in total. The van der Waals surface area contributed by atoms with E-state index in [4.69, 9.17) is 4.74 Å². The number of rotatable bonds is 4. The van der Waals surface area contributed by atoms with Crippen LogP contribution in [-0.4, -0.2) is 44.0 Å². The van der Waals surface area contributed by atoms with Gasteiger partial charge in [-0.15, -0.1) is 0 Å². The molecule has 1 spiro atoms. The maximum Gasteiger partial charge on any atom is 0.239 e. The molecule has 5 heteroatoms. The number of likely N-dealkylation sites (tertiary alicyclic amines) is 1. The largest absolute Gasteiger partial charge is 0.497 e. The lowest BCUT2D eigenvalue weighted by molar-refractivity contribution is -0.130. The molecule has 5 nitrogen and oxygen atoms in total. The van der Waals surface area contributed by atoms with Crippen molar-refractivity contribution < 1.29 is 14.3 Å². The molecule has 2 amide bonds. The number of anilines is 1. The normalized spacial score (nSPS) is 21.0. The Hall–Kier alpha value is -2.82. The zero-order valence-corrected chi connectivity index (χ0v) is 15.8. The number of carbonyl (C=O) groups is 2. The fourth-order valence-electron chi connectivity index (χ4n) is 4.33. The third-order valence-corrected chi connectivity index (χ3v) is 5.89. The van der Waals surface area contributed by atoms with Gasteiger partial charge in [0.2, 0.25) is 11.8 Å². The van der Waals surface area contributed by atoms with E-state index in [1.807, 2.05) is 60.5 Å². The zero-order valence-electron chi connectivity index (χ0n) is 15.8. The molecule has 2 aliphatic rings. The molecule has 27 heavy (non-hydrogen) atoms. The van der Waals surface area contributed by atoms with Gasteiger partial charge < -0.3 is 14.5 Å². The molecule has 0 aromatic heterocycles. The van der Waals surface area contributed by atoms with E-state index in [-0.39, 0.29) is 11.8 Å². The summed E-state index contributed by atoms with van der Waals surface area (Å²) in [5, 5.41) is 0. The minimum absolute atomic E-state index is 0.0733. The van der Waals surface area contributed by atoms with Crippen molar-refractivity contribution in [3.05, 3.63) is 59.7 Å². The minimum atomic E-state index is -0.638. The average Bonchev–Trinajstić information content (AvgIpc) is 3.24. The molecule has 0 bridgehead atoms. The van der Waals surface area contributed by atoms with Crippen LogP contribution in [0.1, 0.15) is 24.0 Å². The first-order valence-electron chi connectivity index (χ1n) is 9.33. The SMILES string of the molecule is COc1ccc2c(c1)[C@]1(CCN(C(=O)CCc3ccccc3)C1)C(=O)N2C. The molecule has 0 radical (unpaired) electrons. The van der Waals surface area contributed by atoms with E-state index in [0.717, 1.165) is 29.0 Å². The second kappa shape index (κ2) is 6.72. The number of benzene rings is 2. The van der Waals surface area contributed by atoms with Crippen molar-refractivity contribution in [1.82, 2.24) is 4.90 Å². The Morgan fingerprint density at radius 2 is 1.96 bits per heavy atom. The molecule has 0 saturated carbocycles. The van der Waals surface area contributed by atoms with Crippen molar-refractivity contribution in [3.63, 3.8) is 0 Å². The van der Waals surface area contributed by atoms with Crippen LogP contribution in [0.15, 0.2) is 48.5 Å². The maximum absolute atomic E-state index is 13.1. The monoisotopic (exact) mass is 364 g/mol. The van der Waals surface area contributed by atoms with Gasteiger partial charge in [-0.25, -0.2) is 0 Å². The third-order valence-electron chi connectivity index (χ3n) is 5.89. The summed E-state index contributed by atoms with van der Waals surface area (Å²) in [6.07, 6.45) is 1.85. The van der Waals surface area contributed by atoms with Gasteiger partial charge in [-0.1, -0.05) is 30.3 Å². The van der Waals surface area contributed by atoms with Crippen LogP contribution in [0.3, 0.4) is 0 Å². The Kier molecular flexibility index (Phi) is 4.38. The van der Waals surface area contributed by atoms with E-state index >= 15 is 0 Å². The summed E-state index contributed by atoms with van der Waals surface area (Å²) < 4.78 is 5.36. The molecule has 2 heterocycles. The molecule has 2 aromatic rings. The maximum atomic E-state index is 13.1. The summed E-state index contributed by atoms with van der Waals surface area (Å²) in [7, 11) is 3.44. The molecule has 140 valence electrons. The second-order valence-electron chi connectivity index (χ2n) is 7.38. The molecular formula is C22H24N2O3. The number of fused-ring (bicyclic) bond motifs is 2. The van der Waals surface area contributed by atoms with Crippen molar-refractivity contribution >= 4 is 17.5 Å². The summed E-state index contributed by atoms with van der Waals surface area (Å²) in [5.74, 6) is 0.928. The predicted octanol–water partition coefficient (Wildman–Crippen LogP) is 2.77. The van der Waals surface area contributed by atoms with Crippen LogP contribution < -0.4 is 9.64 Å². The van der Waals surface area contributed by atoms with Gasteiger partial charge in [0.15, 0.2) is 0 Å². The molecule has 2 aromatic carbocycles. The number of hydrogen-bond acceptors (Lipinski definition) is 3. The number of likely N-dealkylation sites (N-methyl/N-ethyl adjacent to an activating group) is 1. The summed E-state index contributed by atoms with van der Waals surface area (Å²) in [4.78, 5) is 29.4. The van der Waals surface area contributed by atoms with Gasteiger partial charge in [0.1, 0.15) is 5.75 Å². The highest BCUT2D eigenvalue weighted by Gasteiger charge is 2.54. The van der Waals surface area contributed by atoms with E-state index in [1.54, 1.807) is 12.0 Å². The van der Waals surface area contributed by atoms with Gasteiger partial charge >= 0.3 is 0 Å². The molecule has 1 saturated heterocycles. The zero-order chi connectivity index (χ0) is 19.0. The van der Waals surface area contributed by atoms with E-state index in [0.29, 0.717) is 25.9 Å². The number of methoxy groups -OCH3 is 1. The van der Waals surface area contributed by atoms with Crippen LogP contribution in [0.4, 0.5) is 5.69 Å². The highest BCUT2D eigenvalue weighted by molar-refractivity contribution is 6.08. The van der Waals surface area contributed by atoms with Crippen LogP contribution in [0.2, 0.25) is 0 Å². The Morgan fingerprint density at radius 1 is 1.19 bits per heavy atom. The predicted molar refractivity (Wildman–Crippen MR) is 104 cm³/mol. The van der Waals surface area contributed by atoms with Gasteiger partial charge in [0.25, 0.3) is 0 Å². The first-order valence-corrected chi connectivity index (χ1v) is 9.33. The quantitative estimate of drug-likeness (QED) is 0.838. The van der Waals surface area contributed by atoms with Crippen LogP contribution in [0, 0.1) is 0 Å². The summed E-state index contributed by atoms with van der Waals surface area (Å²) >= 11 is 0. The van der Waals surface area contributed by atoms with E-state index in [9.17, 15) is 9.59 Å². The second-order valence-corrected chi connectivity index (χ2v) is 7.38. The Morgan fingerprint density at radius 3 is 2.70 bits per heavy atom. The number of hydrogen-bond donors (Lipinski definition) is 0. The minimum Gasteiger partial charge on any atom is -0.497 e. The van der Waals surface area contributed by atoms with Gasteiger partial charge in [0.05, 0.1) is 12.5 Å². The highest BCUT2D eigenvalue weighted by atomic mass is 16.5. The Labute approximate surface area is 159 Å². The smallest absolute Gasteiger partial charge is 0.239 e. The Balaban J connectivity index is 1.53. The summed E-state index contributed by atoms with van der Waals surface area (Å²) in [6, 6.07) is 15.8. The van der Waals surface area contributed by atoms with Crippen molar-refractivity contribution in [1.29, 1.82) is 0 Å². The highest BCUT2D eigenvalue weighted by Crippen LogP contribution is 2.48. The molecule has 0 aliphatic carbocycles. The van der Waals surface area contributed by atoms with Gasteiger partial charge in [0, 0.05) is 32.2 Å². The topological polar surface area (TPSA) is 49.9 Å². The van der Waals surface area contributed by atoms with E-state index in [2.05, 4.69) is 0 Å². The number of aryl methyl sites for hydroxylation is 1. The fourth-order valence-corrected chi connectivity index (χ4v) is 4.33. The fraction of sp³-hybridized carbons (Fsp3) is 0.364.